The molecule has 0 aromatic heterocycles. The van der Waals surface area contributed by atoms with Crippen LogP contribution in [0.5, 0.6) is 5.75 Å². The topological polar surface area (TPSA) is 132 Å². The predicted octanol–water partition coefficient (Wildman–Crippen LogP) is 2.35. The minimum Gasteiger partial charge on any atom is -0.507 e. The number of likely N-dealkylation sites (tertiary alicyclic amines) is 1. The number of nitrogens with zero attached hydrogens (tertiary/aromatic N) is 1. The lowest BCUT2D eigenvalue weighted by Gasteiger charge is -2.32. The van der Waals surface area contributed by atoms with Crippen LogP contribution >= 0.6 is 0 Å². The number of carbonyl (C=O) groups is 4. The number of aliphatic hydroxyl groups is 2. The Morgan fingerprint density at radius 2 is 1.80 bits per heavy atom. The molecule has 0 bridgehead atoms. The van der Waals surface area contributed by atoms with Crippen LogP contribution in [0.2, 0.25) is 0 Å². The smallest absolute Gasteiger partial charge is 0.177 e. The van der Waals surface area contributed by atoms with Gasteiger partial charge in [-0.2, -0.15) is 0 Å². The largest absolute Gasteiger partial charge is 0.507 e. The number of Topliss-reactive ketones (excluding diaryl/α,β-unsaturated/α-hetero) is 4. The maximum Gasteiger partial charge on any atom is 0.177 e. The number of ketones is 4. The number of hydrogen-bond acceptors (Lipinski definition) is 8. The van der Waals surface area contributed by atoms with Gasteiger partial charge in [-0.15, -0.1) is 0 Å². The van der Waals surface area contributed by atoms with E-state index in [2.05, 4.69) is 4.90 Å². The number of rotatable bonds is 12. The van der Waals surface area contributed by atoms with Gasteiger partial charge >= 0.3 is 0 Å². The molecule has 1 aromatic carbocycles. The molecule has 3 atom stereocenters. The van der Waals surface area contributed by atoms with Crippen molar-refractivity contribution in [3.63, 3.8) is 0 Å². The first-order valence-corrected chi connectivity index (χ1v) is 12.6. The minimum atomic E-state index is -0.799. The maximum atomic E-state index is 13.2. The first-order chi connectivity index (χ1) is 16.7. The molecule has 1 saturated heterocycles. The van der Waals surface area contributed by atoms with Crippen LogP contribution in [0.25, 0.3) is 0 Å². The van der Waals surface area contributed by atoms with Crippen LogP contribution in [0.1, 0.15) is 78.1 Å². The highest BCUT2D eigenvalue weighted by atomic mass is 16.3. The van der Waals surface area contributed by atoms with Crippen molar-refractivity contribution in [3.8, 4) is 5.75 Å². The van der Waals surface area contributed by atoms with Gasteiger partial charge in [-0.1, -0.05) is 6.42 Å². The van der Waals surface area contributed by atoms with Crippen molar-refractivity contribution in [2.24, 2.45) is 17.8 Å². The normalized spacial score (nSPS) is 20.2. The Labute approximate surface area is 206 Å². The van der Waals surface area contributed by atoms with E-state index in [1.165, 1.54) is 13.0 Å². The summed E-state index contributed by atoms with van der Waals surface area (Å²) in [5.41, 5.74) is 1.20. The van der Waals surface area contributed by atoms with Crippen LogP contribution in [0.15, 0.2) is 12.1 Å². The fourth-order valence-corrected chi connectivity index (χ4v) is 5.68. The Morgan fingerprint density at radius 3 is 2.43 bits per heavy atom. The van der Waals surface area contributed by atoms with E-state index < -0.39 is 18.4 Å². The number of aliphatic hydroxyl groups excluding tert-OH is 2. The Bertz CT molecular complexity index is 951. The van der Waals surface area contributed by atoms with Gasteiger partial charge in [-0.25, -0.2) is 0 Å². The third-order valence-corrected chi connectivity index (χ3v) is 7.39. The van der Waals surface area contributed by atoms with Gasteiger partial charge in [0.25, 0.3) is 0 Å². The molecule has 2 aliphatic rings. The van der Waals surface area contributed by atoms with E-state index in [0.29, 0.717) is 24.0 Å². The standard InChI is InChI=1S/C27H37NO7/c1-17(31)11-24(33)22(16-30)19(7-10-29)12-18-13-21-20(5-6-23(32)27(21)25(34)14-18)26(35)15-28-8-3-2-4-9-28/h5-6,18-19,22,29-30,32H,2-4,7-16H2,1H3. The minimum absolute atomic E-state index is 0.0756. The van der Waals surface area contributed by atoms with Crippen molar-refractivity contribution < 1.29 is 34.5 Å². The molecule has 0 amide bonds. The zero-order valence-electron chi connectivity index (χ0n) is 20.5. The van der Waals surface area contributed by atoms with Gasteiger partial charge in [-0.05, 0) is 81.6 Å². The fourth-order valence-electron chi connectivity index (χ4n) is 5.68. The molecule has 3 rings (SSSR count). The van der Waals surface area contributed by atoms with Gasteiger partial charge < -0.3 is 15.3 Å². The van der Waals surface area contributed by atoms with Crippen LogP contribution in [-0.4, -0.2) is 76.2 Å². The third-order valence-electron chi connectivity index (χ3n) is 7.39. The van der Waals surface area contributed by atoms with Crippen molar-refractivity contribution in [1.29, 1.82) is 0 Å². The van der Waals surface area contributed by atoms with Crippen LogP contribution in [0.4, 0.5) is 0 Å². The molecule has 1 aliphatic carbocycles. The highest BCUT2D eigenvalue weighted by Crippen LogP contribution is 2.38. The van der Waals surface area contributed by atoms with E-state index in [-0.39, 0.29) is 72.8 Å². The number of hydrogen-bond donors (Lipinski definition) is 3. The monoisotopic (exact) mass is 487 g/mol. The fraction of sp³-hybridized carbons (Fsp3) is 0.630. The average molecular weight is 488 g/mol. The molecule has 0 spiro atoms. The molecule has 1 aliphatic heterocycles. The second-order valence-electron chi connectivity index (χ2n) is 10.1. The lowest BCUT2D eigenvalue weighted by molar-refractivity contribution is -0.131. The molecular formula is C27H37NO7. The quantitative estimate of drug-likeness (QED) is 0.302. The highest BCUT2D eigenvalue weighted by molar-refractivity contribution is 6.07. The second-order valence-corrected chi connectivity index (χ2v) is 10.1. The number of fused-ring (bicyclic) bond motifs is 1. The Balaban J connectivity index is 1.83. The summed E-state index contributed by atoms with van der Waals surface area (Å²) >= 11 is 0. The van der Waals surface area contributed by atoms with Crippen LogP contribution in [0, 0.1) is 17.8 Å². The molecule has 1 aromatic rings. The van der Waals surface area contributed by atoms with Crippen molar-refractivity contribution in [2.75, 3.05) is 32.8 Å². The van der Waals surface area contributed by atoms with Crippen LogP contribution in [-0.2, 0) is 16.0 Å². The van der Waals surface area contributed by atoms with Gasteiger partial charge in [0.2, 0.25) is 0 Å². The summed E-state index contributed by atoms with van der Waals surface area (Å²) in [4.78, 5) is 52.4. The summed E-state index contributed by atoms with van der Waals surface area (Å²) in [6.45, 7) is 2.70. The van der Waals surface area contributed by atoms with E-state index in [9.17, 15) is 34.5 Å². The SMILES string of the molecule is CC(=O)CC(=O)C(CO)C(CCO)CC1CC(=O)c2c(O)ccc(C(=O)CN3CCCCC3)c2C1. The first kappa shape index (κ1) is 27.2. The third kappa shape index (κ3) is 6.84. The van der Waals surface area contributed by atoms with E-state index in [1.807, 2.05) is 0 Å². The Morgan fingerprint density at radius 1 is 1.09 bits per heavy atom. The second kappa shape index (κ2) is 12.5. The number of phenolic OH excluding ortho intramolecular Hbond substituents is 1. The average Bonchev–Trinajstić information content (AvgIpc) is 2.79. The molecule has 3 N–H and O–H groups in total. The van der Waals surface area contributed by atoms with Gasteiger partial charge in [0.05, 0.1) is 25.1 Å². The molecule has 35 heavy (non-hydrogen) atoms. The molecular weight excluding hydrogens is 450 g/mol. The molecule has 1 heterocycles. The molecule has 8 nitrogen and oxygen atoms in total. The van der Waals surface area contributed by atoms with Gasteiger partial charge in [0, 0.05) is 24.5 Å². The Kier molecular flexibility index (Phi) is 9.71. The van der Waals surface area contributed by atoms with Crippen molar-refractivity contribution in [3.05, 3.63) is 28.8 Å². The highest BCUT2D eigenvalue weighted by Gasteiger charge is 2.35. The van der Waals surface area contributed by atoms with Crippen LogP contribution < -0.4 is 0 Å². The number of phenols is 1. The molecule has 3 unspecified atom stereocenters. The zero-order valence-corrected chi connectivity index (χ0v) is 20.5. The number of aromatic hydroxyl groups is 1. The van der Waals surface area contributed by atoms with Gasteiger partial charge in [0.1, 0.15) is 17.3 Å². The van der Waals surface area contributed by atoms with E-state index in [1.54, 1.807) is 6.07 Å². The van der Waals surface area contributed by atoms with Crippen molar-refractivity contribution >= 4 is 23.1 Å². The Hall–Kier alpha value is -2.42. The number of benzene rings is 1. The molecule has 0 radical (unpaired) electrons. The molecule has 8 heteroatoms. The first-order valence-electron chi connectivity index (χ1n) is 12.6. The van der Waals surface area contributed by atoms with Gasteiger partial charge in [-0.3, -0.25) is 24.1 Å². The summed E-state index contributed by atoms with van der Waals surface area (Å²) in [6, 6.07) is 3.01. The van der Waals surface area contributed by atoms with Crippen molar-refractivity contribution in [1.82, 2.24) is 4.90 Å². The van der Waals surface area contributed by atoms with E-state index in [0.717, 1.165) is 32.4 Å². The number of piperidine rings is 1. The summed E-state index contributed by atoms with van der Waals surface area (Å²) in [5.74, 6) is -2.52. The lowest BCUT2D eigenvalue weighted by Crippen LogP contribution is -2.35. The molecule has 192 valence electrons. The lowest BCUT2D eigenvalue weighted by atomic mass is 9.72. The zero-order chi connectivity index (χ0) is 25.5. The summed E-state index contributed by atoms with van der Waals surface area (Å²) in [7, 11) is 0. The summed E-state index contributed by atoms with van der Waals surface area (Å²) in [5, 5.41) is 29.9. The summed E-state index contributed by atoms with van der Waals surface area (Å²) in [6.07, 6.45) is 4.17. The molecule has 0 saturated carbocycles. The maximum absolute atomic E-state index is 13.2. The van der Waals surface area contributed by atoms with Gasteiger partial charge in [0.15, 0.2) is 11.6 Å². The van der Waals surface area contributed by atoms with Crippen molar-refractivity contribution in [2.45, 2.75) is 58.3 Å². The summed E-state index contributed by atoms with van der Waals surface area (Å²) < 4.78 is 0. The van der Waals surface area contributed by atoms with E-state index >= 15 is 0 Å². The predicted molar refractivity (Wildman–Crippen MR) is 130 cm³/mol. The van der Waals surface area contributed by atoms with E-state index in [4.69, 9.17) is 0 Å². The van der Waals surface area contributed by atoms with Crippen LogP contribution in [0.3, 0.4) is 0 Å². The number of carbonyl (C=O) groups excluding carboxylic acids is 4. The molecule has 1 fully saturated rings.